The van der Waals surface area contributed by atoms with E-state index in [9.17, 15) is 4.79 Å². The molecule has 1 amide bonds. The van der Waals surface area contributed by atoms with E-state index in [1.165, 1.54) is 11.8 Å². The van der Waals surface area contributed by atoms with Crippen LogP contribution >= 0.6 is 23.4 Å². The predicted octanol–water partition coefficient (Wildman–Crippen LogP) is 4.84. The minimum atomic E-state index is -0.251. The van der Waals surface area contributed by atoms with Gasteiger partial charge in [-0.1, -0.05) is 53.7 Å². The van der Waals surface area contributed by atoms with Crippen LogP contribution in [0.15, 0.2) is 89.1 Å². The van der Waals surface area contributed by atoms with Crippen LogP contribution in [0.1, 0.15) is 5.56 Å². The molecular weight excluding hydrogens is 458 g/mol. The number of rotatable bonds is 8. The second kappa shape index (κ2) is 10.8. The summed E-state index contributed by atoms with van der Waals surface area (Å²) in [5.74, 6) is 1.31. The van der Waals surface area contributed by atoms with E-state index in [0.29, 0.717) is 16.0 Å². The van der Waals surface area contributed by atoms with Crippen molar-refractivity contribution < 1.29 is 9.53 Å². The van der Waals surface area contributed by atoms with Crippen molar-refractivity contribution in [3.05, 3.63) is 89.4 Å². The van der Waals surface area contributed by atoms with Crippen molar-refractivity contribution in [3.63, 3.8) is 0 Å². The summed E-state index contributed by atoms with van der Waals surface area (Å²) in [5, 5.41) is 14.0. The molecule has 1 N–H and O–H groups in total. The molecule has 0 atom stereocenters. The third-order valence-electron chi connectivity index (χ3n) is 4.60. The van der Waals surface area contributed by atoms with E-state index in [1.54, 1.807) is 25.5 Å². The van der Waals surface area contributed by atoms with Crippen molar-refractivity contribution in [1.82, 2.24) is 20.2 Å². The maximum Gasteiger partial charge on any atom is 0.250 e. The van der Waals surface area contributed by atoms with E-state index in [0.717, 1.165) is 22.6 Å². The smallest absolute Gasteiger partial charge is 0.250 e. The standard InChI is InChI=1S/C24H20ClN5O2S/c1-32-21-13-9-18(10-14-21)23-28-29-24(30(23)20-5-3-2-4-6-20)33-16-22(31)27-26-15-17-7-11-19(25)12-8-17/h2-15H,16H2,1H3,(H,27,31)/b26-15+. The van der Waals surface area contributed by atoms with Gasteiger partial charge >= 0.3 is 0 Å². The van der Waals surface area contributed by atoms with Gasteiger partial charge in [0.25, 0.3) is 5.91 Å². The second-order valence-electron chi connectivity index (χ2n) is 6.84. The van der Waals surface area contributed by atoms with E-state index in [1.807, 2.05) is 71.3 Å². The molecule has 9 heteroatoms. The lowest BCUT2D eigenvalue weighted by Crippen LogP contribution is -2.20. The zero-order chi connectivity index (χ0) is 23.0. The molecule has 4 rings (SSSR count). The molecule has 0 fully saturated rings. The number of amides is 1. The fraction of sp³-hybridized carbons (Fsp3) is 0.0833. The van der Waals surface area contributed by atoms with Crippen molar-refractivity contribution in [2.75, 3.05) is 12.9 Å². The first-order valence-corrected chi connectivity index (χ1v) is 11.4. The molecule has 0 aliphatic heterocycles. The first-order chi connectivity index (χ1) is 16.1. The topological polar surface area (TPSA) is 81.4 Å². The van der Waals surface area contributed by atoms with Crippen LogP contribution in [-0.2, 0) is 4.79 Å². The van der Waals surface area contributed by atoms with Crippen molar-refractivity contribution in [1.29, 1.82) is 0 Å². The second-order valence-corrected chi connectivity index (χ2v) is 8.22. The first-order valence-electron chi connectivity index (χ1n) is 9.99. The van der Waals surface area contributed by atoms with Gasteiger partial charge in [0.15, 0.2) is 11.0 Å². The quantitative estimate of drug-likeness (QED) is 0.223. The highest BCUT2D eigenvalue weighted by atomic mass is 35.5. The van der Waals surface area contributed by atoms with E-state index < -0.39 is 0 Å². The van der Waals surface area contributed by atoms with Crippen molar-refractivity contribution in [3.8, 4) is 22.8 Å². The molecule has 0 radical (unpaired) electrons. The van der Waals surface area contributed by atoms with Gasteiger partial charge in [-0.2, -0.15) is 5.10 Å². The van der Waals surface area contributed by atoms with Crippen molar-refractivity contribution >= 4 is 35.5 Å². The molecule has 0 bridgehead atoms. The number of ether oxygens (including phenoxy) is 1. The number of hydrogen-bond donors (Lipinski definition) is 1. The van der Waals surface area contributed by atoms with E-state index in [4.69, 9.17) is 16.3 Å². The van der Waals surface area contributed by atoms with Crippen molar-refractivity contribution in [2.45, 2.75) is 5.16 Å². The van der Waals surface area contributed by atoms with Crippen LogP contribution < -0.4 is 10.2 Å². The molecule has 3 aromatic carbocycles. The van der Waals surface area contributed by atoms with Gasteiger partial charge in [0.05, 0.1) is 19.1 Å². The molecule has 1 heterocycles. The number of carbonyl (C=O) groups is 1. The Kier molecular flexibility index (Phi) is 7.39. The molecular formula is C24H20ClN5O2S. The number of thioether (sulfide) groups is 1. The van der Waals surface area contributed by atoms with E-state index in [-0.39, 0.29) is 11.7 Å². The maximum atomic E-state index is 12.3. The summed E-state index contributed by atoms with van der Waals surface area (Å²) in [6.45, 7) is 0. The normalized spacial score (nSPS) is 11.0. The zero-order valence-corrected chi connectivity index (χ0v) is 19.3. The van der Waals surface area contributed by atoms with Crippen LogP contribution in [0.25, 0.3) is 17.1 Å². The largest absolute Gasteiger partial charge is 0.497 e. The Bertz CT molecular complexity index is 1240. The number of nitrogens with zero attached hydrogens (tertiary/aromatic N) is 4. The van der Waals surface area contributed by atoms with Gasteiger partial charge in [-0.05, 0) is 54.1 Å². The number of halogens is 1. The summed E-state index contributed by atoms with van der Waals surface area (Å²) >= 11 is 7.15. The average Bonchev–Trinajstić information content (AvgIpc) is 3.28. The lowest BCUT2D eigenvalue weighted by atomic mass is 10.2. The number of methoxy groups -OCH3 is 1. The van der Waals surface area contributed by atoms with Crippen LogP contribution in [0.5, 0.6) is 5.75 Å². The number of nitrogens with one attached hydrogen (secondary N) is 1. The molecule has 7 nitrogen and oxygen atoms in total. The fourth-order valence-electron chi connectivity index (χ4n) is 2.99. The Morgan fingerprint density at radius 3 is 2.48 bits per heavy atom. The molecule has 0 aliphatic carbocycles. The Morgan fingerprint density at radius 2 is 1.79 bits per heavy atom. The highest BCUT2D eigenvalue weighted by molar-refractivity contribution is 7.99. The zero-order valence-electron chi connectivity index (χ0n) is 17.7. The number of para-hydroxylation sites is 1. The number of hydrazone groups is 1. The molecule has 1 aromatic heterocycles. The van der Waals surface area contributed by atoms with Crippen LogP contribution in [0, 0.1) is 0 Å². The van der Waals surface area contributed by atoms with Crippen molar-refractivity contribution in [2.24, 2.45) is 5.10 Å². The number of hydrogen-bond acceptors (Lipinski definition) is 6. The number of carbonyl (C=O) groups excluding carboxylic acids is 1. The molecule has 166 valence electrons. The van der Waals surface area contributed by atoms with Crippen LogP contribution in [0.3, 0.4) is 0 Å². The van der Waals surface area contributed by atoms with Gasteiger partial charge in [-0.3, -0.25) is 9.36 Å². The van der Waals surface area contributed by atoms with Crippen LogP contribution in [0.2, 0.25) is 5.02 Å². The molecule has 0 spiro atoms. The van der Waals surface area contributed by atoms with Gasteiger partial charge in [-0.15, -0.1) is 10.2 Å². The Labute approximate surface area is 200 Å². The average molecular weight is 478 g/mol. The molecule has 0 aliphatic rings. The SMILES string of the molecule is COc1ccc(-c2nnc(SCC(=O)N/N=C/c3ccc(Cl)cc3)n2-c2ccccc2)cc1. The summed E-state index contributed by atoms with van der Waals surface area (Å²) in [7, 11) is 1.63. The van der Waals surface area contributed by atoms with Gasteiger partial charge < -0.3 is 4.74 Å². The van der Waals surface area contributed by atoms with E-state index in [2.05, 4.69) is 20.7 Å². The van der Waals surface area contributed by atoms with Gasteiger partial charge in [-0.25, -0.2) is 5.43 Å². The highest BCUT2D eigenvalue weighted by Gasteiger charge is 2.17. The third-order valence-corrected chi connectivity index (χ3v) is 5.78. The summed E-state index contributed by atoms with van der Waals surface area (Å²) in [4.78, 5) is 12.3. The monoisotopic (exact) mass is 477 g/mol. The van der Waals surface area contributed by atoms with Crippen LogP contribution in [-0.4, -0.2) is 39.7 Å². The summed E-state index contributed by atoms with van der Waals surface area (Å²) in [6.07, 6.45) is 1.56. The lowest BCUT2D eigenvalue weighted by molar-refractivity contribution is -0.118. The Hall–Kier alpha value is -3.62. The molecule has 0 saturated heterocycles. The predicted molar refractivity (Wildman–Crippen MR) is 131 cm³/mol. The lowest BCUT2D eigenvalue weighted by Gasteiger charge is -2.10. The van der Waals surface area contributed by atoms with Gasteiger partial charge in [0.1, 0.15) is 5.75 Å². The fourth-order valence-corrected chi connectivity index (χ4v) is 3.86. The minimum Gasteiger partial charge on any atom is -0.497 e. The minimum absolute atomic E-state index is 0.130. The number of aromatic nitrogens is 3. The number of benzene rings is 3. The van der Waals surface area contributed by atoms with Gasteiger partial charge in [0.2, 0.25) is 0 Å². The molecule has 0 unspecified atom stereocenters. The van der Waals surface area contributed by atoms with E-state index >= 15 is 0 Å². The van der Waals surface area contributed by atoms with Gasteiger partial charge in [0, 0.05) is 16.3 Å². The Balaban J connectivity index is 1.49. The summed E-state index contributed by atoms with van der Waals surface area (Å²) in [5.41, 5.74) is 5.15. The maximum absolute atomic E-state index is 12.3. The van der Waals surface area contributed by atoms with Crippen LogP contribution in [0.4, 0.5) is 0 Å². The third kappa shape index (κ3) is 5.79. The molecule has 33 heavy (non-hydrogen) atoms. The first kappa shape index (κ1) is 22.6. The summed E-state index contributed by atoms with van der Waals surface area (Å²) < 4.78 is 7.17. The highest BCUT2D eigenvalue weighted by Crippen LogP contribution is 2.28. The molecule has 0 saturated carbocycles. The molecule has 4 aromatic rings. The Morgan fingerprint density at radius 1 is 1.06 bits per heavy atom. The summed E-state index contributed by atoms with van der Waals surface area (Å²) in [6, 6.07) is 24.5.